The molecule has 0 aliphatic carbocycles. The lowest BCUT2D eigenvalue weighted by molar-refractivity contribution is -0.141. The van der Waals surface area contributed by atoms with Crippen LogP contribution in [0.25, 0.3) is 0 Å². The Balaban J connectivity index is 2.60. The number of halogens is 1. The maximum atomic E-state index is 11.8. The Bertz CT molecular complexity index is 415. The Labute approximate surface area is 108 Å². The van der Waals surface area contributed by atoms with Crippen LogP contribution in [0.1, 0.15) is 24.3 Å². The number of rotatable bonds is 5. The molecule has 0 bridgehead atoms. The summed E-state index contributed by atoms with van der Waals surface area (Å²) in [6.45, 7) is 4.55. The normalized spacial score (nSPS) is 10.1. The van der Waals surface area contributed by atoms with Crippen LogP contribution in [0.4, 0.5) is 0 Å². The van der Waals surface area contributed by atoms with Gasteiger partial charge in [0.1, 0.15) is 12.2 Å². The van der Waals surface area contributed by atoms with E-state index in [1.807, 2.05) is 13.1 Å². The summed E-state index contributed by atoms with van der Waals surface area (Å²) in [5.74, 6) is -0.722. The summed E-state index contributed by atoms with van der Waals surface area (Å²) in [4.78, 5) is 22.9. The van der Waals surface area contributed by atoms with E-state index in [0.717, 1.165) is 4.47 Å². The van der Waals surface area contributed by atoms with Crippen molar-refractivity contribution in [1.82, 2.24) is 9.88 Å². The van der Waals surface area contributed by atoms with E-state index in [9.17, 15) is 9.59 Å². The van der Waals surface area contributed by atoms with Crippen molar-refractivity contribution in [2.45, 2.75) is 20.4 Å². The lowest BCUT2D eigenvalue weighted by Crippen LogP contribution is -2.31. The van der Waals surface area contributed by atoms with Crippen molar-refractivity contribution in [3.05, 3.63) is 22.4 Å². The maximum Gasteiger partial charge on any atom is 0.325 e. The van der Waals surface area contributed by atoms with Gasteiger partial charge in [-0.25, -0.2) is 0 Å². The zero-order valence-electron chi connectivity index (χ0n) is 9.83. The van der Waals surface area contributed by atoms with Gasteiger partial charge in [0.2, 0.25) is 0 Å². The average molecular weight is 303 g/mol. The molecule has 0 unspecified atom stereocenters. The number of nitrogens with one attached hydrogen (secondary N) is 1. The molecule has 1 N–H and O–H groups in total. The van der Waals surface area contributed by atoms with Crippen LogP contribution in [-0.2, 0) is 16.1 Å². The van der Waals surface area contributed by atoms with Crippen molar-refractivity contribution in [1.29, 1.82) is 0 Å². The van der Waals surface area contributed by atoms with Crippen LogP contribution in [0.15, 0.2) is 16.7 Å². The quantitative estimate of drug-likeness (QED) is 0.840. The van der Waals surface area contributed by atoms with Crippen LogP contribution in [-0.4, -0.2) is 29.6 Å². The van der Waals surface area contributed by atoms with Gasteiger partial charge >= 0.3 is 5.97 Å². The molecule has 94 valence electrons. The van der Waals surface area contributed by atoms with E-state index in [1.54, 1.807) is 17.6 Å². The smallest absolute Gasteiger partial charge is 0.325 e. The Hall–Kier alpha value is -1.30. The Kier molecular flexibility index (Phi) is 5.21. The molecular formula is C11H15BrN2O3. The summed E-state index contributed by atoms with van der Waals surface area (Å²) in [5, 5.41) is 2.52. The standard InChI is InChI=1S/C11H15BrN2O3/c1-3-14-7-8(12)5-9(14)11(16)13-6-10(15)17-4-2/h5,7H,3-4,6H2,1-2H3,(H,13,16). The van der Waals surface area contributed by atoms with Gasteiger partial charge in [0.25, 0.3) is 5.91 Å². The molecule has 0 fully saturated rings. The number of nitrogens with zero attached hydrogens (tertiary/aromatic N) is 1. The fourth-order valence-corrected chi connectivity index (χ4v) is 1.85. The Morgan fingerprint density at radius 2 is 2.18 bits per heavy atom. The number of ether oxygens (including phenoxy) is 1. The van der Waals surface area contributed by atoms with Crippen molar-refractivity contribution in [3.8, 4) is 0 Å². The van der Waals surface area contributed by atoms with Crippen molar-refractivity contribution in [2.75, 3.05) is 13.2 Å². The van der Waals surface area contributed by atoms with Crippen LogP contribution in [0.3, 0.4) is 0 Å². The minimum Gasteiger partial charge on any atom is -0.465 e. The largest absolute Gasteiger partial charge is 0.465 e. The molecule has 0 aliphatic rings. The van der Waals surface area contributed by atoms with E-state index >= 15 is 0 Å². The first kappa shape index (κ1) is 13.8. The minimum absolute atomic E-state index is 0.112. The fraction of sp³-hybridized carbons (Fsp3) is 0.455. The highest BCUT2D eigenvalue weighted by Gasteiger charge is 2.13. The average Bonchev–Trinajstić information content (AvgIpc) is 2.68. The third kappa shape index (κ3) is 3.89. The summed E-state index contributed by atoms with van der Waals surface area (Å²) in [6.07, 6.45) is 1.82. The second-order valence-corrected chi connectivity index (χ2v) is 4.23. The highest BCUT2D eigenvalue weighted by atomic mass is 79.9. The number of aryl methyl sites for hydroxylation is 1. The summed E-state index contributed by atoms with van der Waals surface area (Å²) >= 11 is 3.30. The van der Waals surface area contributed by atoms with Crippen LogP contribution in [0, 0.1) is 0 Å². The number of hydrogen-bond donors (Lipinski definition) is 1. The molecule has 6 heteroatoms. The monoisotopic (exact) mass is 302 g/mol. The number of hydrogen-bond acceptors (Lipinski definition) is 3. The molecule has 17 heavy (non-hydrogen) atoms. The summed E-state index contributed by atoms with van der Waals surface area (Å²) in [5.41, 5.74) is 0.517. The molecule has 0 aromatic carbocycles. The molecular weight excluding hydrogens is 288 g/mol. The molecule has 0 saturated carbocycles. The lowest BCUT2D eigenvalue weighted by atomic mass is 10.4. The third-order valence-corrected chi connectivity index (χ3v) is 2.57. The van der Waals surface area contributed by atoms with Gasteiger partial charge in [0.05, 0.1) is 6.61 Å². The summed E-state index contributed by atoms with van der Waals surface area (Å²) in [7, 11) is 0. The van der Waals surface area contributed by atoms with E-state index in [0.29, 0.717) is 18.8 Å². The highest BCUT2D eigenvalue weighted by Crippen LogP contribution is 2.14. The predicted octanol–water partition coefficient (Wildman–Crippen LogP) is 1.56. The van der Waals surface area contributed by atoms with Gasteiger partial charge in [-0.3, -0.25) is 9.59 Å². The summed E-state index contributed by atoms with van der Waals surface area (Å²) < 4.78 is 7.35. The molecule has 1 amide bonds. The SMILES string of the molecule is CCOC(=O)CNC(=O)c1cc(Br)cn1CC. The van der Waals surface area contributed by atoms with E-state index in [4.69, 9.17) is 4.74 Å². The minimum atomic E-state index is -0.436. The first-order valence-corrected chi connectivity index (χ1v) is 6.17. The second kappa shape index (κ2) is 6.44. The van der Waals surface area contributed by atoms with Crippen LogP contribution < -0.4 is 5.32 Å². The number of carbonyl (C=O) groups is 2. The zero-order chi connectivity index (χ0) is 12.8. The molecule has 5 nitrogen and oxygen atoms in total. The van der Waals surface area contributed by atoms with E-state index in [2.05, 4.69) is 21.2 Å². The zero-order valence-corrected chi connectivity index (χ0v) is 11.4. The topological polar surface area (TPSA) is 60.3 Å². The van der Waals surface area contributed by atoms with E-state index in [-0.39, 0.29) is 12.5 Å². The molecule has 1 heterocycles. The molecule has 0 saturated heterocycles. The molecule has 0 radical (unpaired) electrons. The lowest BCUT2D eigenvalue weighted by Gasteiger charge is -2.07. The first-order chi connectivity index (χ1) is 8.08. The number of amides is 1. The molecule has 1 aromatic rings. The number of aromatic nitrogens is 1. The van der Waals surface area contributed by atoms with Gasteiger partial charge in [-0.1, -0.05) is 0 Å². The van der Waals surface area contributed by atoms with Gasteiger partial charge < -0.3 is 14.6 Å². The molecule has 0 atom stereocenters. The molecule has 1 rings (SSSR count). The third-order valence-electron chi connectivity index (χ3n) is 2.14. The van der Waals surface area contributed by atoms with Crippen molar-refractivity contribution in [3.63, 3.8) is 0 Å². The van der Waals surface area contributed by atoms with Gasteiger partial charge in [-0.2, -0.15) is 0 Å². The fourth-order valence-electron chi connectivity index (χ4n) is 1.38. The van der Waals surface area contributed by atoms with Gasteiger partial charge in [-0.15, -0.1) is 0 Å². The summed E-state index contributed by atoms with van der Waals surface area (Å²) in [6, 6.07) is 1.71. The maximum absolute atomic E-state index is 11.8. The predicted molar refractivity (Wildman–Crippen MR) is 66.8 cm³/mol. The van der Waals surface area contributed by atoms with Crippen molar-refractivity contribution < 1.29 is 14.3 Å². The van der Waals surface area contributed by atoms with Crippen molar-refractivity contribution in [2.24, 2.45) is 0 Å². The molecule has 1 aromatic heterocycles. The van der Waals surface area contributed by atoms with E-state index < -0.39 is 5.97 Å². The van der Waals surface area contributed by atoms with Crippen LogP contribution in [0.5, 0.6) is 0 Å². The Morgan fingerprint density at radius 1 is 1.47 bits per heavy atom. The van der Waals surface area contributed by atoms with Crippen LogP contribution in [0.2, 0.25) is 0 Å². The molecule has 0 spiro atoms. The van der Waals surface area contributed by atoms with E-state index in [1.165, 1.54) is 0 Å². The second-order valence-electron chi connectivity index (χ2n) is 3.32. The highest BCUT2D eigenvalue weighted by molar-refractivity contribution is 9.10. The molecule has 0 aliphatic heterocycles. The number of carbonyl (C=O) groups excluding carboxylic acids is 2. The first-order valence-electron chi connectivity index (χ1n) is 5.38. The Morgan fingerprint density at radius 3 is 2.76 bits per heavy atom. The van der Waals surface area contributed by atoms with Gasteiger partial charge in [0, 0.05) is 17.2 Å². The van der Waals surface area contributed by atoms with Gasteiger partial charge in [0.15, 0.2) is 0 Å². The van der Waals surface area contributed by atoms with Gasteiger partial charge in [-0.05, 0) is 35.8 Å². The number of esters is 1. The van der Waals surface area contributed by atoms with Crippen LogP contribution >= 0.6 is 15.9 Å². The van der Waals surface area contributed by atoms with Crippen molar-refractivity contribution >= 4 is 27.8 Å².